The van der Waals surface area contributed by atoms with Gasteiger partial charge in [-0.3, -0.25) is 4.79 Å². The van der Waals surface area contributed by atoms with E-state index in [9.17, 15) is 4.79 Å². The van der Waals surface area contributed by atoms with E-state index in [0.29, 0.717) is 30.3 Å². The number of hydrogen-bond acceptors (Lipinski definition) is 4. The number of ether oxygens (including phenoxy) is 1. The minimum Gasteiger partial charge on any atom is -0.370 e. The van der Waals surface area contributed by atoms with Crippen LogP contribution in [0.3, 0.4) is 0 Å². The fourth-order valence-electron chi connectivity index (χ4n) is 3.99. The zero-order valence-electron chi connectivity index (χ0n) is 14.0. The first-order valence-corrected chi connectivity index (χ1v) is 9.07. The summed E-state index contributed by atoms with van der Waals surface area (Å²) < 4.78 is 7.84. The number of carbonyl (C=O) groups excluding carboxylic acids is 1. The topological polar surface area (TPSA) is 60.3 Å². The summed E-state index contributed by atoms with van der Waals surface area (Å²) in [5.41, 5.74) is 1.64. The predicted molar refractivity (Wildman–Crippen MR) is 97.1 cm³/mol. The summed E-state index contributed by atoms with van der Waals surface area (Å²) in [6.45, 7) is 1.77. The Balaban J connectivity index is 1.48. The molecule has 132 valence electrons. The first-order chi connectivity index (χ1) is 12.7. The number of likely N-dealkylation sites (tertiary alicyclic amines) is 1. The second kappa shape index (κ2) is 6.07. The van der Waals surface area contributed by atoms with Gasteiger partial charge >= 0.3 is 0 Å². The standard InChI is InChI=1S/C19H17ClN4O2/c20-16-6-2-3-13-14(16)4-1-5-15(13)19(25)23-8-7-18-17(10-23)24-12(11-26-18)9-21-22-24/h1-6,9,17-18H,7-8,10-11H2/t17-,18-/m0/s1. The molecule has 0 spiro atoms. The Morgan fingerprint density at radius 2 is 2.04 bits per heavy atom. The number of nitrogens with zero attached hydrogens (tertiary/aromatic N) is 4. The summed E-state index contributed by atoms with van der Waals surface area (Å²) >= 11 is 6.29. The third kappa shape index (κ3) is 2.40. The van der Waals surface area contributed by atoms with Gasteiger partial charge in [-0.1, -0.05) is 41.1 Å². The number of piperidine rings is 1. The number of hydrogen-bond donors (Lipinski definition) is 0. The number of halogens is 1. The fourth-order valence-corrected chi connectivity index (χ4v) is 4.23. The lowest BCUT2D eigenvalue weighted by Crippen LogP contribution is -2.49. The van der Waals surface area contributed by atoms with Crippen molar-refractivity contribution in [3.63, 3.8) is 0 Å². The summed E-state index contributed by atoms with van der Waals surface area (Å²) in [4.78, 5) is 15.1. The maximum absolute atomic E-state index is 13.2. The molecule has 2 aromatic carbocycles. The van der Waals surface area contributed by atoms with Crippen molar-refractivity contribution in [3.8, 4) is 0 Å². The molecule has 7 heteroatoms. The predicted octanol–water partition coefficient (Wildman–Crippen LogP) is 3.07. The molecule has 0 N–H and O–H groups in total. The van der Waals surface area contributed by atoms with Crippen molar-refractivity contribution in [2.75, 3.05) is 13.1 Å². The largest absolute Gasteiger partial charge is 0.370 e. The summed E-state index contributed by atoms with van der Waals surface area (Å²) in [7, 11) is 0. The lowest BCUT2D eigenvalue weighted by atomic mass is 9.98. The van der Waals surface area contributed by atoms with Crippen molar-refractivity contribution in [2.24, 2.45) is 0 Å². The van der Waals surface area contributed by atoms with E-state index in [2.05, 4.69) is 10.3 Å². The van der Waals surface area contributed by atoms with E-state index in [1.54, 1.807) is 6.20 Å². The van der Waals surface area contributed by atoms with E-state index in [1.807, 2.05) is 46.0 Å². The van der Waals surface area contributed by atoms with Crippen LogP contribution < -0.4 is 0 Å². The lowest BCUT2D eigenvalue weighted by molar-refractivity contribution is -0.0604. The van der Waals surface area contributed by atoms with Crippen molar-refractivity contribution in [1.82, 2.24) is 19.9 Å². The van der Waals surface area contributed by atoms with Crippen molar-refractivity contribution in [2.45, 2.75) is 25.2 Å². The monoisotopic (exact) mass is 368 g/mol. The van der Waals surface area contributed by atoms with Crippen LogP contribution in [0.25, 0.3) is 10.8 Å². The van der Waals surface area contributed by atoms with Crippen molar-refractivity contribution in [1.29, 1.82) is 0 Å². The van der Waals surface area contributed by atoms with E-state index in [0.717, 1.165) is 22.9 Å². The van der Waals surface area contributed by atoms with Crippen LogP contribution in [-0.4, -0.2) is 45.0 Å². The van der Waals surface area contributed by atoms with Crippen LogP contribution in [0.4, 0.5) is 0 Å². The summed E-state index contributed by atoms with van der Waals surface area (Å²) in [6.07, 6.45) is 2.60. The normalized spacial score (nSPS) is 22.1. The van der Waals surface area contributed by atoms with Gasteiger partial charge in [0.05, 0.1) is 30.6 Å². The SMILES string of the molecule is O=C(c1cccc2c(Cl)cccc12)N1CC[C@@H]2OCc3cnnn3[C@H]2C1. The molecule has 1 saturated heterocycles. The number of fused-ring (bicyclic) bond motifs is 4. The first-order valence-electron chi connectivity index (χ1n) is 8.69. The Bertz CT molecular complexity index is 1000. The van der Waals surface area contributed by atoms with Gasteiger partial charge in [-0.25, -0.2) is 4.68 Å². The molecule has 0 aliphatic carbocycles. The van der Waals surface area contributed by atoms with Crippen molar-refractivity contribution < 1.29 is 9.53 Å². The summed E-state index contributed by atoms with van der Waals surface area (Å²) in [5, 5.41) is 10.6. The Hall–Kier alpha value is -2.44. The molecule has 2 atom stereocenters. The van der Waals surface area contributed by atoms with Crippen LogP contribution in [0, 0.1) is 0 Å². The molecular formula is C19H17ClN4O2. The van der Waals surface area contributed by atoms with Crippen LogP contribution in [0.2, 0.25) is 5.02 Å². The Labute approximate surface area is 155 Å². The number of rotatable bonds is 1. The molecular weight excluding hydrogens is 352 g/mol. The average molecular weight is 369 g/mol. The smallest absolute Gasteiger partial charge is 0.254 e. The summed E-state index contributed by atoms with van der Waals surface area (Å²) in [5.74, 6) is 0.0172. The van der Waals surface area contributed by atoms with Gasteiger partial charge in [-0.05, 0) is 23.9 Å². The molecule has 0 saturated carbocycles. The number of benzene rings is 2. The number of carbonyl (C=O) groups is 1. The number of aromatic nitrogens is 3. The van der Waals surface area contributed by atoms with Gasteiger partial charge in [0.15, 0.2) is 0 Å². The van der Waals surface area contributed by atoms with Crippen LogP contribution in [-0.2, 0) is 11.3 Å². The highest BCUT2D eigenvalue weighted by atomic mass is 35.5. The second-order valence-electron chi connectivity index (χ2n) is 6.77. The minimum atomic E-state index is 0.0116. The Kier molecular flexibility index (Phi) is 3.69. The third-order valence-corrected chi connectivity index (χ3v) is 5.64. The molecule has 0 bridgehead atoms. The second-order valence-corrected chi connectivity index (χ2v) is 7.17. The highest BCUT2D eigenvalue weighted by Gasteiger charge is 2.38. The molecule has 1 aromatic heterocycles. The number of amides is 1. The molecule has 2 aliphatic heterocycles. The van der Waals surface area contributed by atoms with E-state index in [-0.39, 0.29) is 18.1 Å². The molecule has 0 unspecified atom stereocenters. The van der Waals surface area contributed by atoms with E-state index in [4.69, 9.17) is 16.3 Å². The van der Waals surface area contributed by atoms with E-state index in [1.165, 1.54) is 0 Å². The van der Waals surface area contributed by atoms with Gasteiger partial charge < -0.3 is 9.64 Å². The Morgan fingerprint density at radius 3 is 2.96 bits per heavy atom. The van der Waals surface area contributed by atoms with E-state index >= 15 is 0 Å². The van der Waals surface area contributed by atoms with Crippen molar-refractivity contribution in [3.05, 3.63) is 58.9 Å². The third-order valence-electron chi connectivity index (χ3n) is 5.32. The van der Waals surface area contributed by atoms with Crippen LogP contribution in [0.1, 0.15) is 28.5 Å². The minimum absolute atomic E-state index is 0.0116. The molecule has 26 heavy (non-hydrogen) atoms. The van der Waals surface area contributed by atoms with Gasteiger partial charge in [-0.2, -0.15) is 0 Å². The zero-order chi connectivity index (χ0) is 17.7. The molecule has 5 rings (SSSR count). The van der Waals surface area contributed by atoms with E-state index < -0.39 is 0 Å². The fraction of sp³-hybridized carbons (Fsp3) is 0.316. The maximum Gasteiger partial charge on any atom is 0.254 e. The Morgan fingerprint density at radius 1 is 1.19 bits per heavy atom. The van der Waals surface area contributed by atoms with Gasteiger partial charge in [0.25, 0.3) is 5.91 Å². The molecule has 3 aromatic rings. The molecule has 3 heterocycles. The zero-order valence-corrected chi connectivity index (χ0v) is 14.8. The van der Waals surface area contributed by atoms with Crippen LogP contribution in [0.5, 0.6) is 0 Å². The highest BCUT2D eigenvalue weighted by molar-refractivity contribution is 6.36. The maximum atomic E-state index is 13.2. The van der Waals surface area contributed by atoms with Gasteiger partial charge in [0, 0.05) is 29.1 Å². The first kappa shape index (κ1) is 15.8. The molecule has 6 nitrogen and oxygen atoms in total. The van der Waals surface area contributed by atoms with Crippen LogP contribution >= 0.6 is 11.6 Å². The van der Waals surface area contributed by atoms with Crippen LogP contribution in [0.15, 0.2) is 42.6 Å². The quantitative estimate of drug-likeness (QED) is 0.662. The van der Waals surface area contributed by atoms with Gasteiger partial charge in [-0.15, -0.1) is 5.10 Å². The lowest BCUT2D eigenvalue weighted by Gasteiger charge is -2.41. The molecule has 2 aliphatic rings. The molecule has 1 fully saturated rings. The molecule has 1 amide bonds. The highest BCUT2D eigenvalue weighted by Crippen LogP contribution is 2.32. The van der Waals surface area contributed by atoms with Gasteiger partial charge in [0.1, 0.15) is 0 Å². The van der Waals surface area contributed by atoms with Crippen molar-refractivity contribution >= 4 is 28.3 Å². The summed E-state index contributed by atoms with van der Waals surface area (Å²) in [6, 6.07) is 11.4. The average Bonchev–Trinajstić information content (AvgIpc) is 3.16. The van der Waals surface area contributed by atoms with Gasteiger partial charge in [0.2, 0.25) is 0 Å². The molecule has 0 radical (unpaired) electrons.